The smallest absolute Gasteiger partial charge is 0.154 e. The zero-order valence-corrected chi connectivity index (χ0v) is 12.4. The van der Waals surface area contributed by atoms with Crippen LogP contribution in [0.25, 0.3) is 0 Å². The van der Waals surface area contributed by atoms with Gasteiger partial charge in [0.25, 0.3) is 0 Å². The molecule has 0 unspecified atom stereocenters. The van der Waals surface area contributed by atoms with Crippen LogP contribution in [-0.4, -0.2) is 14.2 Å². The Morgan fingerprint density at radius 3 is 2.50 bits per heavy atom. The van der Waals surface area contributed by atoms with Crippen molar-refractivity contribution in [2.45, 2.75) is 32.6 Å². The topological polar surface area (TPSA) is 60.2 Å². The number of rotatable bonds is 6. The van der Waals surface area contributed by atoms with E-state index in [4.69, 9.17) is 17.3 Å². The van der Waals surface area contributed by atoms with E-state index in [0.717, 1.165) is 5.56 Å². The van der Waals surface area contributed by atoms with Gasteiger partial charge in [0.05, 0.1) is 11.5 Å². The Morgan fingerprint density at radius 2 is 2.00 bits per heavy atom. The zero-order chi connectivity index (χ0) is 13.8. The highest BCUT2D eigenvalue weighted by atomic mass is 35.5. The van der Waals surface area contributed by atoms with Gasteiger partial charge < -0.3 is 5.73 Å². The van der Waals surface area contributed by atoms with Crippen LogP contribution in [0.15, 0.2) is 18.2 Å². The minimum absolute atomic E-state index is 0.00338. The van der Waals surface area contributed by atoms with Gasteiger partial charge >= 0.3 is 0 Å². The van der Waals surface area contributed by atoms with Crippen molar-refractivity contribution in [1.29, 1.82) is 0 Å². The van der Waals surface area contributed by atoms with E-state index in [1.165, 1.54) is 0 Å². The predicted molar refractivity (Wildman–Crippen MR) is 76.3 cm³/mol. The molecule has 0 aromatic heterocycles. The van der Waals surface area contributed by atoms with Gasteiger partial charge in [-0.2, -0.15) is 0 Å². The Morgan fingerprint density at radius 1 is 1.33 bits per heavy atom. The third kappa shape index (κ3) is 4.96. The first-order valence-corrected chi connectivity index (χ1v) is 8.22. The monoisotopic (exact) mass is 289 g/mol. The second-order valence-electron chi connectivity index (χ2n) is 4.90. The van der Waals surface area contributed by atoms with Gasteiger partial charge in [-0.05, 0) is 29.5 Å². The first-order valence-electron chi connectivity index (χ1n) is 6.02. The summed E-state index contributed by atoms with van der Waals surface area (Å²) in [7, 11) is -3.09. The summed E-state index contributed by atoms with van der Waals surface area (Å²) in [5.41, 5.74) is 7.06. The fourth-order valence-corrected chi connectivity index (χ4v) is 3.61. The molecule has 0 spiro atoms. The second-order valence-corrected chi connectivity index (χ2v) is 7.50. The SMILES string of the molecule is CC(C)CCS(=O)(=O)Cc1ccc(CN)cc1Cl. The molecule has 102 valence electrons. The van der Waals surface area contributed by atoms with E-state index in [1.807, 2.05) is 19.9 Å². The first-order chi connectivity index (χ1) is 8.34. The Kier molecular flexibility index (Phi) is 5.63. The van der Waals surface area contributed by atoms with Crippen LogP contribution in [0.4, 0.5) is 0 Å². The summed E-state index contributed by atoms with van der Waals surface area (Å²) in [6.07, 6.45) is 0.681. The largest absolute Gasteiger partial charge is 0.326 e. The molecule has 0 bridgehead atoms. The lowest BCUT2D eigenvalue weighted by atomic mass is 10.1. The van der Waals surface area contributed by atoms with Gasteiger partial charge in [0, 0.05) is 11.6 Å². The lowest BCUT2D eigenvalue weighted by Crippen LogP contribution is -2.11. The van der Waals surface area contributed by atoms with E-state index < -0.39 is 9.84 Å². The van der Waals surface area contributed by atoms with Crippen LogP contribution in [0.1, 0.15) is 31.4 Å². The molecule has 1 aromatic carbocycles. The molecule has 0 saturated carbocycles. The Balaban J connectivity index is 2.78. The lowest BCUT2D eigenvalue weighted by molar-refractivity contribution is 0.573. The molecule has 0 amide bonds. The predicted octanol–water partition coefficient (Wildman–Crippen LogP) is 2.76. The molecule has 2 N–H and O–H groups in total. The molecule has 5 heteroatoms. The van der Waals surface area contributed by atoms with E-state index >= 15 is 0 Å². The molecular formula is C13H20ClNO2S. The van der Waals surface area contributed by atoms with Crippen LogP contribution in [0.5, 0.6) is 0 Å². The Labute approximate surface area is 114 Å². The maximum atomic E-state index is 11.9. The van der Waals surface area contributed by atoms with E-state index in [0.29, 0.717) is 29.5 Å². The zero-order valence-electron chi connectivity index (χ0n) is 10.8. The molecule has 18 heavy (non-hydrogen) atoms. The fourth-order valence-electron chi connectivity index (χ4n) is 1.56. The molecule has 0 aliphatic carbocycles. The minimum Gasteiger partial charge on any atom is -0.326 e. The van der Waals surface area contributed by atoms with Crippen LogP contribution < -0.4 is 5.73 Å². The standard InChI is InChI=1S/C13H20ClNO2S/c1-10(2)5-6-18(16,17)9-12-4-3-11(8-15)7-13(12)14/h3-4,7,10H,5-6,8-9,15H2,1-2H3. The highest BCUT2D eigenvalue weighted by molar-refractivity contribution is 7.90. The van der Waals surface area contributed by atoms with Gasteiger partial charge in [-0.25, -0.2) is 8.42 Å². The number of benzene rings is 1. The van der Waals surface area contributed by atoms with Gasteiger partial charge in [-0.1, -0.05) is 37.6 Å². The minimum atomic E-state index is -3.09. The molecular weight excluding hydrogens is 270 g/mol. The van der Waals surface area contributed by atoms with Crippen LogP contribution in [0, 0.1) is 5.92 Å². The van der Waals surface area contributed by atoms with Crippen molar-refractivity contribution >= 4 is 21.4 Å². The quantitative estimate of drug-likeness (QED) is 0.876. The number of hydrogen-bond donors (Lipinski definition) is 1. The Hall–Kier alpha value is -0.580. The van der Waals surface area contributed by atoms with Crippen LogP contribution in [0.3, 0.4) is 0 Å². The molecule has 1 aromatic rings. The van der Waals surface area contributed by atoms with Crippen LogP contribution in [-0.2, 0) is 22.1 Å². The molecule has 1 rings (SSSR count). The average Bonchev–Trinajstić information content (AvgIpc) is 2.29. The highest BCUT2D eigenvalue weighted by Crippen LogP contribution is 2.21. The first kappa shape index (κ1) is 15.5. The van der Waals surface area contributed by atoms with Gasteiger partial charge in [0.15, 0.2) is 9.84 Å². The summed E-state index contributed by atoms with van der Waals surface area (Å²) in [4.78, 5) is 0. The van der Waals surface area contributed by atoms with Gasteiger partial charge in [-0.3, -0.25) is 0 Å². The molecule has 0 fully saturated rings. The maximum Gasteiger partial charge on any atom is 0.154 e. The van der Waals surface area contributed by atoms with E-state index in [2.05, 4.69) is 0 Å². The molecule has 0 saturated heterocycles. The highest BCUT2D eigenvalue weighted by Gasteiger charge is 2.15. The van der Waals surface area contributed by atoms with Crippen molar-refractivity contribution in [2.75, 3.05) is 5.75 Å². The normalized spacial score (nSPS) is 12.1. The summed E-state index contributed by atoms with van der Waals surface area (Å²) in [6.45, 7) is 4.43. The molecule has 0 radical (unpaired) electrons. The number of halogens is 1. The summed E-state index contributed by atoms with van der Waals surface area (Å²) < 4.78 is 23.9. The third-order valence-electron chi connectivity index (χ3n) is 2.73. The maximum absolute atomic E-state index is 11.9. The Bertz CT molecular complexity index is 498. The van der Waals surface area contributed by atoms with Gasteiger partial charge in [0.2, 0.25) is 0 Å². The van der Waals surface area contributed by atoms with E-state index in [9.17, 15) is 8.42 Å². The number of nitrogens with two attached hydrogens (primary N) is 1. The van der Waals surface area contributed by atoms with Crippen LogP contribution in [0.2, 0.25) is 5.02 Å². The molecule has 0 atom stereocenters. The third-order valence-corrected chi connectivity index (χ3v) is 4.70. The molecule has 0 aliphatic rings. The van der Waals surface area contributed by atoms with Crippen molar-refractivity contribution in [3.05, 3.63) is 34.3 Å². The van der Waals surface area contributed by atoms with Crippen molar-refractivity contribution in [3.8, 4) is 0 Å². The van der Waals surface area contributed by atoms with Crippen molar-refractivity contribution in [1.82, 2.24) is 0 Å². The molecule has 3 nitrogen and oxygen atoms in total. The summed E-state index contributed by atoms with van der Waals surface area (Å²) in [5, 5.41) is 0.478. The van der Waals surface area contributed by atoms with Crippen LogP contribution >= 0.6 is 11.6 Å². The molecule has 0 heterocycles. The van der Waals surface area contributed by atoms with Crippen molar-refractivity contribution in [3.63, 3.8) is 0 Å². The summed E-state index contributed by atoms with van der Waals surface area (Å²) in [6, 6.07) is 5.30. The van der Waals surface area contributed by atoms with Gasteiger partial charge in [-0.15, -0.1) is 0 Å². The van der Waals surface area contributed by atoms with Gasteiger partial charge in [0.1, 0.15) is 0 Å². The van der Waals surface area contributed by atoms with E-state index in [1.54, 1.807) is 12.1 Å². The number of hydrogen-bond acceptors (Lipinski definition) is 3. The second kappa shape index (κ2) is 6.55. The summed E-state index contributed by atoms with van der Waals surface area (Å²) in [5.74, 6) is 0.595. The fraction of sp³-hybridized carbons (Fsp3) is 0.538. The molecule has 0 aliphatic heterocycles. The lowest BCUT2D eigenvalue weighted by Gasteiger charge is -2.09. The van der Waals surface area contributed by atoms with E-state index in [-0.39, 0.29) is 11.5 Å². The average molecular weight is 290 g/mol. The van der Waals surface area contributed by atoms with Crippen molar-refractivity contribution < 1.29 is 8.42 Å². The number of sulfone groups is 1. The summed E-state index contributed by atoms with van der Waals surface area (Å²) >= 11 is 6.06. The van der Waals surface area contributed by atoms with Crippen molar-refractivity contribution in [2.24, 2.45) is 11.7 Å².